The van der Waals surface area contributed by atoms with Crippen LogP contribution in [0.4, 0.5) is 5.69 Å². The first-order valence-electron chi connectivity index (χ1n) is 6.03. The van der Waals surface area contributed by atoms with Gasteiger partial charge in [-0.1, -0.05) is 23.7 Å². The number of anilines is 1. The molecule has 0 bridgehead atoms. The molecule has 0 aliphatic heterocycles. The Balaban J connectivity index is 2.87. The average Bonchev–Trinajstić information content (AvgIpc) is 2.39. The van der Waals surface area contributed by atoms with E-state index >= 15 is 0 Å². The number of esters is 1. The van der Waals surface area contributed by atoms with E-state index in [-0.39, 0.29) is 5.97 Å². The van der Waals surface area contributed by atoms with E-state index in [2.05, 4.69) is 5.32 Å². The number of carbonyl (C=O) groups is 1. The van der Waals surface area contributed by atoms with Crippen LogP contribution in [-0.4, -0.2) is 31.8 Å². The monoisotopic (exact) mass is 285 g/mol. The van der Waals surface area contributed by atoms with Crippen LogP contribution in [0.3, 0.4) is 0 Å². The lowest BCUT2D eigenvalue weighted by Crippen LogP contribution is -2.39. The highest BCUT2D eigenvalue weighted by Gasteiger charge is 2.28. The first kappa shape index (κ1) is 15.8. The summed E-state index contributed by atoms with van der Waals surface area (Å²) in [7, 11) is 2.98. The van der Waals surface area contributed by atoms with Crippen molar-refractivity contribution in [3.05, 3.63) is 29.3 Å². The summed E-state index contributed by atoms with van der Waals surface area (Å²) in [5.41, 5.74) is 0.263. The number of nitrogens with one attached hydrogen (secondary N) is 1. The Morgan fingerprint density at radius 3 is 2.53 bits per heavy atom. The van der Waals surface area contributed by atoms with Crippen molar-refractivity contribution < 1.29 is 14.3 Å². The number of hydrogen-bond acceptors (Lipinski definition) is 4. The highest BCUT2D eigenvalue weighted by molar-refractivity contribution is 6.33. The number of para-hydroxylation sites is 1. The second-order valence-corrected chi connectivity index (χ2v) is 5.28. The van der Waals surface area contributed by atoms with Gasteiger partial charge in [-0.15, -0.1) is 0 Å². The van der Waals surface area contributed by atoms with Gasteiger partial charge in [-0.3, -0.25) is 0 Å². The molecular weight excluding hydrogens is 266 g/mol. The van der Waals surface area contributed by atoms with Crippen LogP contribution in [0, 0.1) is 0 Å². The van der Waals surface area contributed by atoms with E-state index < -0.39 is 11.6 Å². The smallest absolute Gasteiger partial charge is 0.328 e. The van der Waals surface area contributed by atoms with E-state index in [1.165, 1.54) is 7.11 Å². The number of ether oxygens (including phenoxy) is 2. The quantitative estimate of drug-likeness (QED) is 0.816. The van der Waals surface area contributed by atoms with Crippen molar-refractivity contribution in [1.82, 2.24) is 0 Å². The van der Waals surface area contributed by atoms with E-state index in [1.807, 2.05) is 32.0 Å². The van der Waals surface area contributed by atoms with E-state index in [0.29, 0.717) is 17.1 Å². The molecule has 0 aromatic heterocycles. The minimum Gasteiger partial charge on any atom is -0.467 e. The predicted molar refractivity (Wildman–Crippen MR) is 76.6 cm³/mol. The number of carbonyl (C=O) groups excluding carboxylic acids is 1. The molecular formula is C14H20ClNO3. The summed E-state index contributed by atoms with van der Waals surface area (Å²) in [4.78, 5) is 11.8. The lowest BCUT2D eigenvalue weighted by atomic mass is 9.98. The molecule has 5 heteroatoms. The molecule has 1 N–H and O–H groups in total. The van der Waals surface area contributed by atoms with Crippen LogP contribution in [0.15, 0.2) is 24.3 Å². The Morgan fingerprint density at radius 2 is 2.00 bits per heavy atom. The third kappa shape index (κ3) is 4.73. The summed E-state index contributed by atoms with van der Waals surface area (Å²) in [6.07, 6.45) is 0.474. The SMILES string of the molecule is COC(=O)C(CC(C)(C)OC)Nc1ccccc1Cl. The molecule has 0 heterocycles. The Kier molecular flexibility index (Phi) is 5.63. The second kappa shape index (κ2) is 6.78. The molecule has 0 aliphatic carbocycles. The van der Waals surface area contributed by atoms with Gasteiger partial charge in [0.05, 0.1) is 23.4 Å². The minimum atomic E-state index is -0.514. The van der Waals surface area contributed by atoms with Gasteiger partial charge in [-0.2, -0.15) is 0 Å². The maximum atomic E-state index is 11.8. The largest absolute Gasteiger partial charge is 0.467 e. The zero-order valence-corrected chi connectivity index (χ0v) is 12.5. The van der Waals surface area contributed by atoms with Crippen molar-refractivity contribution in [3.63, 3.8) is 0 Å². The highest BCUT2D eigenvalue weighted by Crippen LogP contribution is 2.24. The fourth-order valence-electron chi connectivity index (χ4n) is 1.68. The molecule has 0 aliphatic rings. The van der Waals surface area contributed by atoms with E-state index in [0.717, 1.165) is 0 Å². The topological polar surface area (TPSA) is 47.6 Å². The second-order valence-electron chi connectivity index (χ2n) is 4.87. The van der Waals surface area contributed by atoms with E-state index in [4.69, 9.17) is 21.1 Å². The lowest BCUT2D eigenvalue weighted by molar-refractivity contribution is -0.143. The molecule has 0 spiro atoms. The van der Waals surface area contributed by atoms with Gasteiger partial charge >= 0.3 is 5.97 Å². The van der Waals surface area contributed by atoms with Crippen LogP contribution in [0.5, 0.6) is 0 Å². The van der Waals surface area contributed by atoms with Crippen LogP contribution in [0.2, 0.25) is 5.02 Å². The van der Waals surface area contributed by atoms with Crippen LogP contribution in [0.25, 0.3) is 0 Å². The highest BCUT2D eigenvalue weighted by atomic mass is 35.5. The van der Waals surface area contributed by atoms with Gasteiger partial charge in [0.25, 0.3) is 0 Å². The average molecular weight is 286 g/mol. The Bertz CT molecular complexity index is 434. The molecule has 0 saturated heterocycles. The molecule has 1 aromatic rings. The maximum absolute atomic E-state index is 11.8. The molecule has 1 rings (SSSR count). The van der Waals surface area contributed by atoms with Crippen molar-refractivity contribution in [2.24, 2.45) is 0 Å². The minimum absolute atomic E-state index is 0.343. The zero-order chi connectivity index (χ0) is 14.5. The third-order valence-electron chi connectivity index (χ3n) is 2.94. The molecule has 1 atom stereocenters. The number of rotatable bonds is 6. The molecule has 0 amide bonds. The summed E-state index contributed by atoms with van der Waals surface area (Å²) >= 11 is 6.08. The Labute approximate surface area is 119 Å². The summed E-state index contributed by atoms with van der Waals surface area (Å²) in [5.74, 6) is -0.343. The molecule has 1 aromatic carbocycles. The van der Waals surface area contributed by atoms with E-state index in [9.17, 15) is 4.79 Å². The van der Waals surface area contributed by atoms with Crippen molar-refractivity contribution in [3.8, 4) is 0 Å². The maximum Gasteiger partial charge on any atom is 0.328 e. The number of halogens is 1. The van der Waals surface area contributed by atoms with Gasteiger partial charge in [-0.05, 0) is 26.0 Å². The molecule has 106 valence electrons. The van der Waals surface area contributed by atoms with E-state index in [1.54, 1.807) is 13.2 Å². The van der Waals surface area contributed by atoms with Crippen molar-refractivity contribution >= 4 is 23.3 Å². The Hall–Kier alpha value is -1.26. The van der Waals surface area contributed by atoms with Gasteiger partial charge in [0, 0.05) is 13.5 Å². The van der Waals surface area contributed by atoms with Crippen molar-refractivity contribution in [2.75, 3.05) is 19.5 Å². The summed E-state index contributed by atoms with van der Waals surface area (Å²) in [6, 6.07) is 6.75. The van der Waals surface area contributed by atoms with Crippen molar-refractivity contribution in [1.29, 1.82) is 0 Å². The molecule has 0 radical (unpaired) electrons. The van der Waals surface area contributed by atoms with Crippen molar-refractivity contribution in [2.45, 2.75) is 31.9 Å². The summed E-state index contributed by atoms with van der Waals surface area (Å²) in [5, 5.41) is 3.66. The molecule has 0 fully saturated rings. The van der Waals surface area contributed by atoms with Crippen LogP contribution >= 0.6 is 11.6 Å². The van der Waals surface area contributed by atoms with Gasteiger partial charge in [0.2, 0.25) is 0 Å². The van der Waals surface area contributed by atoms with Crippen LogP contribution in [-0.2, 0) is 14.3 Å². The van der Waals surface area contributed by atoms with Crippen LogP contribution in [0.1, 0.15) is 20.3 Å². The first-order valence-corrected chi connectivity index (χ1v) is 6.41. The Morgan fingerprint density at radius 1 is 1.37 bits per heavy atom. The third-order valence-corrected chi connectivity index (χ3v) is 3.27. The molecule has 19 heavy (non-hydrogen) atoms. The predicted octanol–water partition coefficient (Wildman–Crippen LogP) is 3.11. The normalized spacial score (nSPS) is 12.9. The zero-order valence-electron chi connectivity index (χ0n) is 11.7. The van der Waals surface area contributed by atoms with Crippen LogP contribution < -0.4 is 5.32 Å². The van der Waals surface area contributed by atoms with Gasteiger partial charge < -0.3 is 14.8 Å². The first-order chi connectivity index (χ1) is 8.89. The standard InChI is InChI=1S/C14H20ClNO3/c1-14(2,19-4)9-12(13(17)18-3)16-11-8-6-5-7-10(11)15/h5-8,12,16H,9H2,1-4H3. The fourth-order valence-corrected chi connectivity index (χ4v) is 1.87. The molecule has 0 saturated carbocycles. The summed E-state index contributed by atoms with van der Waals surface area (Å²) in [6.45, 7) is 3.83. The molecule has 1 unspecified atom stereocenters. The van der Waals surface area contributed by atoms with Gasteiger partial charge in [0.1, 0.15) is 6.04 Å². The number of benzene rings is 1. The van der Waals surface area contributed by atoms with Gasteiger partial charge in [0.15, 0.2) is 0 Å². The molecule has 4 nitrogen and oxygen atoms in total. The summed E-state index contributed by atoms with van der Waals surface area (Å²) < 4.78 is 10.2. The lowest BCUT2D eigenvalue weighted by Gasteiger charge is -2.28. The number of hydrogen-bond donors (Lipinski definition) is 1. The fraction of sp³-hybridized carbons (Fsp3) is 0.500. The number of methoxy groups -OCH3 is 2. The van der Waals surface area contributed by atoms with Gasteiger partial charge in [-0.25, -0.2) is 4.79 Å².